The van der Waals surface area contributed by atoms with Gasteiger partial charge in [-0.1, -0.05) is 24.3 Å². The van der Waals surface area contributed by atoms with Crippen LogP contribution in [0.2, 0.25) is 0 Å². The van der Waals surface area contributed by atoms with E-state index >= 15 is 0 Å². The smallest absolute Gasteiger partial charge is 0.148 e. The average molecular weight is 179 g/mol. The molecule has 0 spiro atoms. The predicted molar refractivity (Wildman–Crippen MR) is 53.2 cm³/mol. The highest BCUT2D eigenvalue weighted by Gasteiger charge is 2.03. The van der Waals surface area contributed by atoms with Crippen molar-refractivity contribution in [3.8, 4) is 17.2 Å². The summed E-state index contributed by atoms with van der Waals surface area (Å²) in [5.74, 6) is 0. The molecule has 0 saturated carbocycles. The lowest BCUT2D eigenvalue weighted by molar-refractivity contribution is 1.26. The lowest BCUT2D eigenvalue weighted by Crippen LogP contribution is -1.86. The number of nitrogens with zero attached hydrogens (tertiary/aromatic N) is 2. The van der Waals surface area contributed by atoms with Gasteiger partial charge in [0.05, 0.1) is 0 Å². The van der Waals surface area contributed by atoms with Crippen molar-refractivity contribution in [1.29, 1.82) is 5.26 Å². The van der Waals surface area contributed by atoms with Crippen LogP contribution in [0.15, 0.2) is 42.6 Å². The molecule has 2 rings (SSSR count). The molecule has 0 atom stereocenters. The van der Waals surface area contributed by atoms with Crippen LogP contribution in [0.3, 0.4) is 0 Å². The molecule has 2 nitrogen and oxygen atoms in total. The molecule has 0 saturated heterocycles. The summed E-state index contributed by atoms with van der Waals surface area (Å²) in [5, 5.41) is 8.86. The first-order valence-electron chi connectivity index (χ1n) is 4.23. The van der Waals surface area contributed by atoms with Crippen LogP contribution in [-0.4, -0.2) is 4.98 Å². The number of nitriles is 1. The second-order valence-corrected chi connectivity index (χ2v) is 2.80. The standard InChI is InChI=1S/C12H7N2/c13-9-12-11(7-4-8-14-12)10-5-2-1-3-6-10/h2-8H. The minimum absolute atomic E-state index is 0.457. The van der Waals surface area contributed by atoms with Crippen LogP contribution < -0.4 is 0 Å². The minimum atomic E-state index is 0.457. The highest BCUT2D eigenvalue weighted by atomic mass is 14.7. The monoisotopic (exact) mass is 179 g/mol. The molecule has 1 aromatic carbocycles. The molecule has 0 unspecified atom stereocenters. The molecule has 0 aliphatic carbocycles. The molecule has 0 amide bonds. The van der Waals surface area contributed by atoms with E-state index in [1.165, 1.54) is 0 Å². The van der Waals surface area contributed by atoms with Gasteiger partial charge in [-0.2, -0.15) is 5.26 Å². The topological polar surface area (TPSA) is 36.7 Å². The molecule has 2 aromatic rings. The Balaban J connectivity index is 2.58. The van der Waals surface area contributed by atoms with Crippen LogP contribution in [-0.2, 0) is 0 Å². The van der Waals surface area contributed by atoms with Gasteiger partial charge in [0.1, 0.15) is 11.8 Å². The van der Waals surface area contributed by atoms with Crippen LogP contribution in [0.25, 0.3) is 11.1 Å². The zero-order valence-corrected chi connectivity index (χ0v) is 7.44. The fourth-order valence-corrected chi connectivity index (χ4v) is 1.29. The summed E-state index contributed by atoms with van der Waals surface area (Å²) in [5.41, 5.74) is 2.32. The predicted octanol–water partition coefficient (Wildman–Crippen LogP) is 2.42. The van der Waals surface area contributed by atoms with Gasteiger partial charge in [0.2, 0.25) is 0 Å². The van der Waals surface area contributed by atoms with Crippen molar-refractivity contribution in [2.24, 2.45) is 0 Å². The van der Waals surface area contributed by atoms with Crippen molar-refractivity contribution in [3.63, 3.8) is 0 Å². The second kappa shape index (κ2) is 3.71. The van der Waals surface area contributed by atoms with Crippen LogP contribution in [0.5, 0.6) is 0 Å². The summed E-state index contributed by atoms with van der Waals surface area (Å²) < 4.78 is 0. The van der Waals surface area contributed by atoms with Gasteiger partial charge in [-0.25, -0.2) is 4.98 Å². The van der Waals surface area contributed by atoms with E-state index in [0.29, 0.717) is 5.69 Å². The van der Waals surface area contributed by atoms with Crippen LogP contribution in [0, 0.1) is 17.4 Å². The highest BCUT2D eigenvalue weighted by Crippen LogP contribution is 2.20. The molecule has 1 aromatic heterocycles. The van der Waals surface area contributed by atoms with Crippen molar-refractivity contribution >= 4 is 0 Å². The molecule has 0 N–H and O–H groups in total. The lowest BCUT2D eigenvalue weighted by Gasteiger charge is -2.01. The first-order valence-corrected chi connectivity index (χ1v) is 4.23. The SMILES string of the molecule is N#Cc1ncccc1-c1cc[c]cc1. The Hall–Kier alpha value is -2.14. The first-order chi connectivity index (χ1) is 6.92. The molecule has 0 aliphatic heterocycles. The summed E-state index contributed by atoms with van der Waals surface area (Å²) in [6.45, 7) is 0. The third-order valence-electron chi connectivity index (χ3n) is 1.94. The highest BCUT2D eigenvalue weighted by molar-refractivity contribution is 5.68. The molecule has 2 heteroatoms. The molecule has 0 fully saturated rings. The van der Waals surface area contributed by atoms with Crippen LogP contribution in [0.4, 0.5) is 0 Å². The maximum Gasteiger partial charge on any atom is 0.148 e. The molecular formula is C12H7N2. The Labute approximate surface area is 82.5 Å². The van der Waals surface area contributed by atoms with Gasteiger partial charge in [0.25, 0.3) is 0 Å². The van der Waals surface area contributed by atoms with E-state index in [9.17, 15) is 0 Å². The number of benzene rings is 1. The van der Waals surface area contributed by atoms with Gasteiger partial charge < -0.3 is 0 Å². The third-order valence-corrected chi connectivity index (χ3v) is 1.94. The fraction of sp³-hybridized carbons (Fsp3) is 0. The van der Waals surface area contributed by atoms with Crippen molar-refractivity contribution < 1.29 is 0 Å². The Kier molecular flexibility index (Phi) is 2.24. The first kappa shape index (κ1) is 8.46. The summed E-state index contributed by atoms with van der Waals surface area (Å²) in [4.78, 5) is 4.00. The van der Waals surface area contributed by atoms with Gasteiger partial charge in [-0.15, -0.1) is 0 Å². The van der Waals surface area contributed by atoms with E-state index in [2.05, 4.69) is 17.1 Å². The van der Waals surface area contributed by atoms with E-state index in [0.717, 1.165) is 11.1 Å². The van der Waals surface area contributed by atoms with Crippen molar-refractivity contribution in [2.75, 3.05) is 0 Å². The average Bonchev–Trinajstić information content (AvgIpc) is 2.30. The van der Waals surface area contributed by atoms with E-state index in [1.54, 1.807) is 6.20 Å². The number of pyridine rings is 1. The molecular weight excluding hydrogens is 172 g/mol. The van der Waals surface area contributed by atoms with Gasteiger partial charge in [0.15, 0.2) is 0 Å². The van der Waals surface area contributed by atoms with E-state index in [-0.39, 0.29) is 0 Å². The molecule has 14 heavy (non-hydrogen) atoms. The zero-order valence-electron chi connectivity index (χ0n) is 7.44. The van der Waals surface area contributed by atoms with Gasteiger partial charge >= 0.3 is 0 Å². The van der Waals surface area contributed by atoms with E-state index < -0.39 is 0 Å². The largest absolute Gasteiger partial charge is 0.245 e. The molecule has 65 valence electrons. The maximum atomic E-state index is 8.86. The third kappa shape index (κ3) is 1.48. The number of hydrogen-bond donors (Lipinski definition) is 0. The molecule has 0 bridgehead atoms. The molecule has 1 heterocycles. The van der Waals surface area contributed by atoms with Gasteiger partial charge in [-0.3, -0.25) is 0 Å². The Bertz CT molecular complexity index is 469. The van der Waals surface area contributed by atoms with Gasteiger partial charge in [-0.05, 0) is 23.8 Å². The Morgan fingerprint density at radius 2 is 2.00 bits per heavy atom. The van der Waals surface area contributed by atoms with Crippen LogP contribution >= 0.6 is 0 Å². The van der Waals surface area contributed by atoms with E-state index in [4.69, 9.17) is 5.26 Å². The number of hydrogen-bond acceptors (Lipinski definition) is 2. The van der Waals surface area contributed by atoms with E-state index in [1.807, 2.05) is 36.4 Å². The Morgan fingerprint density at radius 1 is 1.21 bits per heavy atom. The van der Waals surface area contributed by atoms with Gasteiger partial charge in [0, 0.05) is 11.8 Å². The molecule has 0 aliphatic rings. The van der Waals surface area contributed by atoms with Crippen molar-refractivity contribution in [2.45, 2.75) is 0 Å². The molecule has 1 radical (unpaired) electrons. The number of aromatic nitrogens is 1. The van der Waals surface area contributed by atoms with Crippen LogP contribution in [0.1, 0.15) is 5.69 Å². The Morgan fingerprint density at radius 3 is 2.71 bits per heavy atom. The summed E-state index contributed by atoms with van der Waals surface area (Å²) in [6, 6.07) is 16.2. The maximum absolute atomic E-state index is 8.86. The fourth-order valence-electron chi connectivity index (χ4n) is 1.29. The summed E-state index contributed by atoms with van der Waals surface area (Å²) >= 11 is 0. The van der Waals surface area contributed by atoms with Crippen molar-refractivity contribution in [1.82, 2.24) is 4.98 Å². The zero-order chi connectivity index (χ0) is 9.80. The quantitative estimate of drug-likeness (QED) is 0.674. The number of rotatable bonds is 1. The lowest BCUT2D eigenvalue weighted by atomic mass is 10.1. The minimum Gasteiger partial charge on any atom is -0.245 e. The summed E-state index contributed by atoms with van der Waals surface area (Å²) in [7, 11) is 0. The normalized spacial score (nSPS) is 9.36. The van der Waals surface area contributed by atoms with Crippen molar-refractivity contribution in [3.05, 3.63) is 54.4 Å². The second-order valence-electron chi connectivity index (χ2n) is 2.80. The summed E-state index contributed by atoms with van der Waals surface area (Å²) in [6.07, 6.45) is 1.62.